The third-order valence-corrected chi connectivity index (χ3v) is 3.21. The molecule has 0 aromatic heterocycles. The minimum atomic E-state index is -4.49. The van der Waals surface area contributed by atoms with Crippen LogP contribution in [-0.2, 0) is 6.18 Å². The molecule has 0 spiro atoms. The number of hydrogen-bond acceptors (Lipinski definition) is 3. The summed E-state index contributed by atoms with van der Waals surface area (Å²) < 4.78 is 44.3. The number of rotatable bonds is 3. The lowest BCUT2D eigenvalue weighted by Crippen LogP contribution is -2.09. The van der Waals surface area contributed by atoms with E-state index in [2.05, 4.69) is 21.2 Å². The molecule has 3 nitrogen and oxygen atoms in total. The molecular formula is C14H12BrF3N2O. The summed E-state index contributed by atoms with van der Waals surface area (Å²) in [5.41, 5.74) is 5.08. The maximum absolute atomic E-state index is 12.8. The summed E-state index contributed by atoms with van der Waals surface area (Å²) in [6.45, 7) is 0. The Balaban J connectivity index is 2.34. The van der Waals surface area contributed by atoms with Crippen molar-refractivity contribution in [2.75, 3.05) is 18.2 Å². The Morgan fingerprint density at radius 3 is 2.43 bits per heavy atom. The Morgan fingerprint density at radius 2 is 1.81 bits per heavy atom. The van der Waals surface area contributed by atoms with Crippen LogP contribution in [0.5, 0.6) is 5.75 Å². The van der Waals surface area contributed by atoms with Crippen LogP contribution in [-0.4, -0.2) is 7.11 Å². The number of ether oxygens (including phenoxy) is 1. The molecule has 2 rings (SSSR count). The first-order chi connectivity index (χ1) is 9.79. The van der Waals surface area contributed by atoms with Crippen LogP contribution in [0, 0.1) is 0 Å². The fourth-order valence-corrected chi connectivity index (χ4v) is 2.27. The number of methoxy groups -OCH3 is 1. The van der Waals surface area contributed by atoms with Gasteiger partial charge in [0.15, 0.2) is 0 Å². The van der Waals surface area contributed by atoms with Crippen molar-refractivity contribution < 1.29 is 17.9 Å². The number of alkyl halides is 3. The number of nitrogens with one attached hydrogen (secondary N) is 1. The molecule has 0 bridgehead atoms. The van der Waals surface area contributed by atoms with E-state index in [4.69, 9.17) is 10.5 Å². The predicted octanol–water partition coefficient (Wildman–Crippen LogP) is 4.80. The van der Waals surface area contributed by atoms with Gasteiger partial charge in [-0.15, -0.1) is 0 Å². The van der Waals surface area contributed by atoms with Crippen molar-refractivity contribution in [1.82, 2.24) is 0 Å². The number of nitrogen functional groups attached to an aromatic ring is 1. The van der Waals surface area contributed by atoms with E-state index in [1.165, 1.54) is 19.2 Å². The monoisotopic (exact) mass is 360 g/mol. The highest BCUT2D eigenvalue weighted by atomic mass is 79.9. The highest BCUT2D eigenvalue weighted by Gasteiger charge is 2.33. The molecule has 0 unspecified atom stereocenters. The van der Waals surface area contributed by atoms with Gasteiger partial charge in [-0.05, 0) is 30.3 Å². The maximum Gasteiger partial charge on any atom is 0.418 e. The van der Waals surface area contributed by atoms with Gasteiger partial charge in [-0.25, -0.2) is 0 Å². The van der Waals surface area contributed by atoms with Crippen LogP contribution in [0.15, 0.2) is 40.9 Å². The Bertz CT molecular complexity index is 659. The average molecular weight is 361 g/mol. The number of nitrogens with two attached hydrogens (primary N) is 1. The molecule has 0 heterocycles. The molecule has 7 heteroatoms. The van der Waals surface area contributed by atoms with Crippen LogP contribution in [0.4, 0.5) is 30.2 Å². The van der Waals surface area contributed by atoms with Crippen molar-refractivity contribution >= 4 is 33.0 Å². The molecular weight excluding hydrogens is 349 g/mol. The Kier molecular flexibility index (Phi) is 4.32. The van der Waals surface area contributed by atoms with Gasteiger partial charge in [0.2, 0.25) is 0 Å². The molecule has 0 fully saturated rings. The van der Waals surface area contributed by atoms with Gasteiger partial charge in [-0.2, -0.15) is 13.2 Å². The van der Waals surface area contributed by atoms with Crippen molar-refractivity contribution in [2.45, 2.75) is 6.18 Å². The quantitative estimate of drug-likeness (QED) is 0.772. The highest BCUT2D eigenvalue weighted by Crippen LogP contribution is 2.36. The van der Waals surface area contributed by atoms with Gasteiger partial charge < -0.3 is 15.8 Å². The van der Waals surface area contributed by atoms with Gasteiger partial charge in [0.05, 0.1) is 12.7 Å². The molecule has 112 valence electrons. The highest BCUT2D eigenvalue weighted by molar-refractivity contribution is 9.10. The van der Waals surface area contributed by atoms with Gasteiger partial charge in [0, 0.05) is 27.6 Å². The molecule has 2 aromatic rings. The van der Waals surface area contributed by atoms with Crippen LogP contribution < -0.4 is 15.8 Å². The van der Waals surface area contributed by atoms with Crippen molar-refractivity contribution in [2.24, 2.45) is 0 Å². The molecule has 0 saturated carbocycles. The van der Waals surface area contributed by atoms with E-state index in [1.807, 2.05) is 0 Å². The smallest absolute Gasteiger partial charge is 0.418 e. The summed E-state index contributed by atoms with van der Waals surface area (Å²) in [5.74, 6) is 0.582. The topological polar surface area (TPSA) is 47.3 Å². The average Bonchev–Trinajstić information content (AvgIpc) is 2.39. The lowest BCUT2D eigenvalue weighted by atomic mass is 10.1. The third-order valence-electron chi connectivity index (χ3n) is 2.75. The van der Waals surface area contributed by atoms with Crippen LogP contribution in [0.2, 0.25) is 0 Å². The zero-order valence-electron chi connectivity index (χ0n) is 11.0. The second-order valence-electron chi connectivity index (χ2n) is 4.30. The molecule has 0 aliphatic carbocycles. The normalized spacial score (nSPS) is 11.3. The Labute approximate surface area is 128 Å². The first-order valence-electron chi connectivity index (χ1n) is 5.88. The number of anilines is 3. The SMILES string of the molecule is COc1cc(Br)cc(Nc2ccc(N)c(C(F)(F)F)c2)c1. The van der Waals surface area contributed by atoms with E-state index in [9.17, 15) is 13.2 Å². The van der Waals surface area contributed by atoms with Crippen LogP contribution in [0.3, 0.4) is 0 Å². The van der Waals surface area contributed by atoms with Crippen molar-refractivity contribution in [3.63, 3.8) is 0 Å². The summed E-state index contributed by atoms with van der Waals surface area (Å²) in [6, 6.07) is 8.83. The van der Waals surface area contributed by atoms with E-state index in [1.54, 1.807) is 18.2 Å². The minimum absolute atomic E-state index is 0.289. The molecule has 0 aliphatic rings. The lowest BCUT2D eigenvalue weighted by Gasteiger charge is -2.14. The number of halogens is 4. The number of benzene rings is 2. The van der Waals surface area contributed by atoms with Gasteiger partial charge in [-0.3, -0.25) is 0 Å². The molecule has 0 radical (unpaired) electrons. The van der Waals surface area contributed by atoms with Gasteiger partial charge in [0.25, 0.3) is 0 Å². The molecule has 0 aliphatic heterocycles. The number of hydrogen-bond donors (Lipinski definition) is 2. The standard InChI is InChI=1S/C14H12BrF3N2O/c1-21-11-5-8(15)4-10(6-11)20-9-2-3-13(19)12(7-9)14(16,17)18/h2-7,20H,19H2,1H3. The van der Waals surface area contributed by atoms with Gasteiger partial charge in [-0.1, -0.05) is 15.9 Å². The van der Waals surface area contributed by atoms with E-state index in [0.29, 0.717) is 11.4 Å². The van der Waals surface area contributed by atoms with Gasteiger partial charge in [0.1, 0.15) is 5.75 Å². The van der Waals surface area contributed by atoms with E-state index in [0.717, 1.165) is 10.5 Å². The summed E-state index contributed by atoms with van der Waals surface area (Å²) in [7, 11) is 1.51. The summed E-state index contributed by atoms with van der Waals surface area (Å²) in [5, 5.41) is 2.89. The van der Waals surface area contributed by atoms with E-state index in [-0.39, 0.29) is 11.4 Å². The fraction of sp³-hybridized carbons (Fsp3) is 0.143. The van der Waals surface area contributed by atoms with E-state index >= 15 is 0 Å². The second-order valence-corrected chi connectivity index (χ2v) is 5.22. The molecule has 0 atom stereocenters. The first kappa shape index (κ1) is 15.5. The van der Waals surface area contributed by atoms with Gasteiger partial charge >= 0.3 is 6.18 Å². The summed E-state index contributed by atoms with van der Waals surface area (Å²) in [4.78, 5) is 0. The third kappa shape index (κ3) is 3.81. The van der Waals surface area contributed by atoms with Crippen molar-refractivity contribution in [1.29, 1.82) is 0 Å². The minimum Gasteiger partial charge on any atom is -0.497 e. The summed E-state index contributed by atoms with van der Waals surface area (Å²) >= 11 is 3.30. The fourth-order valence-electron chi connectivity index (χ4n) is 1.80. The molecule has 2 aromatic carbocycles. The maximum atomic E-state index is 12.8. The molecule has 0 saturated heterocycles. The van der Waals surface area contributed by atoms with Crippen LogP contribution >= 0.6 is 15.9 Å². The summed E-state index contributed by atoms with van der Waals surface area (Å²) in [6.07, 6.45) is -4.49. The van der Waals surface area contributed by atoms with Crippen molar-refractivity contribution in [3.05, 3.63) is 46.4 Å². The van der Waals surface area contributed by atoms with Crippen LogP contribution in [0.1, 0.15) is 5.56 Å². The second kappa shape index (κ2) is 5.85. The largest absolute Gasteiger partial charge is 0.497 e. The predicted molar refractivity (Wildman–Crippen MR) is 79.8 cm³/mol. The van der Waals surface area contributed by atoms with E-state index < -0.39 is 11.7 Å². The molecule has 0 amide bonds. The molecule has 21 heavy (non-hydrogen) atoms. The Morgan fingerprint density at radius 1 is 1.10 bits per heavy atom. The zero-order chi connectivity index (χ0) is 15.6. The van der Waals surface area contributed by atoms with Crippen molar-refractivity contribution in [3.8, 4) is 5.75 Å². The zero-order valence-corrected chi connectivity index (χ0v) is 12.5. The van der Waals surface area contributed by atoms with Crippen LogP contribution in [0.25, 0.3) is 0 Å². The molecule has 3 N–H and O–H groups in total. The lowest BCUT2D eigenvalue weighted by molar-refractivity contribution is -0.136. The Hall–Kier alpha value is -1.89. The first-order valence-corrected chi connectivity index (χ1v) is 6.67.